The van der Waals surface area contributed by atoms with Crippen LogP contribution in [0.2, 0.25) is 0 Å². The van der Waals surface area contributed by atoms with Crippen molar-refractivity contribution in [1.82, 2.24) is 10.6 Å². The summed E-state index contributed by atoms with van der Waals surface area (Å²) < 4.78 is 20.5. The Morgan fingerprint density at radius 1 is 0.692 bits per heavy atom. The van der Waals surface area contributed by atoms with Gasteiger partial charge >= 0.3 is 24.1 Å². The van der Waals surface area contributed by atoms with E-state index in [1.54, 1.807) is 13.0 Å². The average Bonchev–Trinajstić information content (AvgIpc) is 2.93. The van der Waals surface area contributed by atoms with Crippen LogP contribution < -0.4 is 29.6 Å². The fourth-order valence-electron chi connectivity index (χ4n) is 2.99. The van der Waals surface area contributed by atoms with Crippen LogP contribution in [0.3, 0.4) is 0 Å². The van der Waals surface area contributed by atoms with E-state index in [1.807, 2.05) is 18.2 Å². The van der Waals surface area contributed by atoms with Crippen LogP contribution in [0.15, 0.2) is 97.6 Å². The molecule has 2 amide bonds. The molecule has 0 spiro atoms. The lowest BCUT2D eigenvalue weighted by Crippen LogP contribution is -2.27. The lowest BCUT2D eigenvalue weighted by atomic mass is 10.1. The predicted molar refractivity (Wildman–Crippen MR) is 141 cm³/mol. The SMILES string of the molecule is C=CC(=O)Oc1ccc(OC(=O)NCc2cccc(CNC(=O)Oc3ccc(OC(=O)C(=C)C)cc3)c2)cc1. The molecule has 10 nitrogen and oxygen atoms in total. The van der Waals surface area contributed by atoms with Crippen molar-refractivity contribution in [2.45, 2.75) is 20.0 Å². The molecule has 39 heavy (non-hydrogen) atoms. The average molecular weight is 531 g/mol. The fourth-order valence-corrected chi connectivity index (χ4v) is 2.99. The van der Waals surface area contributed by atoms with Crippen LogP contribution in [0.5, 0.6) is 23.0 Å². The Morgan fingerprint density at radius 3 is 1.51 bits per heavy atom. The van der Waals surface area contributed by atoms with E-state index in [4.69, 9.17) is 18.9 Å². The number of rotatable bonds is 10. The monoisotopic (exact) mass is 530 g/mol. The standard InChI is InChI=1S/C29H26N2O8/c1-4-26(32)36-22-8-12-24(13-9-22)38-28(34)30-17-20-6-5-7-21(16-20)18-31-29(35)39-25-14-10-23(11-15-25)37-27(33)19(2)3/h4-16H,1-2,17-18H2,3H3,(H,30,34)(H,31,35). The van der Waals surface area contributed by atoms with Gasteiger partial charge in [0.15, 0.2) is 0 Å². The van der Waals surface area contributed by atoms with Gasteiger partial charge in [-0.25, -0.2) is 19.2 Å². The van der Waals surface area contributed by atoms with E-state index in [-0.39, 0.29) is 30.2 Å². The summed E-state index contributed by atoms with van der Waals surface area (Å²) in [6, 6.07) is 19.2. The first-order valence-electron chi connectivity index (χ1n) is 11.6. The summed E-state index contributed by atoms with van der Waals surface area (Å²) in [6.07, 6.45) is -0.291. The molecule has 0 fully saturated rings. The number of hydrogen-bond donors (Lipinski definition) is 2. The molecule has 0 aromatic heterocycles. The molecule has 0 aliphatic rings. The molecule has 0 saturated carbocycles. The van der Waals surface area contributed by atoms with Crippen LogP contribution in [0, 0.1) is 0 Å². The molecule has 0 bridgehead atoms. The number of amides is 2. The molecule has 3 rings (SSSR count). The van der Waals surface area contributed by atoms with Crippen LogP contribution in [0.4, 0.5) is 9.59 Å². The molecule has 10 heteroatoms. The highest BCUT2D eigenvalue weighted by atomic mass is 16.6. The number of ether oxygens (including phenoxy) is 4. The van der Waals surface area contributed by atoms with Crippen molar-refractivity contribution in [3.63, 3.8) is 0 Å². The number of carbonyl (C=O) groups excluding carboxylic acids is 4. The van der Waals surface area contributed by atoms with Gasteiger partial charge in [-0.2, -0.15) is 0 Å². The Kier molecular flexibility index (Phi) is 9.97. The van der Waals surface area contributed by atoms with Gasteiger partial charge in [-0.1, -0.05) is 37.4 Å². The van der Waals surface area contributed by atoms with E-state index in [0.717, 1.165) is 17.2 Å². The highest BCUT2D eigenvalue weighted by molar-refractivity contribution is 5.88. The Balaban J connectivity index is 1.43. The van der Waals surface area contributed by atoms with E-state index in [0.29, 0.717) is 11.5 Å². The normalized spacial score (nSPS) is 9.97. The van der Waals surface area contributed by atoms with Gasteiger partial charge in [-0.15, -0.1) is 0 Å². The van der Waals surface area contributed by atoms with Gasteiger partial charge in [0, 0.05) is 24.7 Å². The van der Waals surface area contributed by atoms with E-state index in [1.165, 1.54) is 48.5 Å². The summed E-state index contributed by atoms with van der Waals surface area (Å²) in [5.74, 6) is -0.00567. The van der Waals surface area contributed by atoms with E-state index >= 15 is 0 Å². The van der Waals surface area contributed by atoms with Gasteiger partial charge in [-0.05, 0) is 66.6 Å². The Hall–Kier alpha value is -5.38. The first-order valence-corrected chi connectivity index (χ1v) is 11.6. The zero-order valence-corrected chi connectivity index (χ0v) is 21.1. The van der Waals surface area contributed by atoms with E-state index < -0.39 is 24.1 Å². The van der Waals surface area contributed by atoms with Crippen molar-refractivity contribution in [1.29, 1.82) is 0 Å². The lowest BCUT2D eigenvalue weighted by Gasteiger charge is -2.10. The molecule has 0 radical (unpaired) electrons. The van der Waals surface area contributed by atoms with Crippen LogP contribution in [-0.2, 0) is 22.7 Å². The van der Waals surface area contributed by atoms with Crippen molar-refractivity contribution < 1.29 is 38.1 Å². The molecule has 2 N–H and O–H groups in total. The number of carbonyl (C=O) groups is 4. The van der Waals surface area contributed by atoms with Crippen LogP contribution in [-0.4, -0.2) is 24.1 Å². The van der Waals surface area contributed by atoms with Crippen molar-refractivity contribution in [3.8, 4) is 23.0 Å². The van der Waals surface area contributed by atoms with Gasteiger partial charge < -0.3 is 29.6 Å². The van der Waals surface area contributed by atoms with Gasteiger partial charge in [-0.3, -0.25) is 0 Å². The van der Waals surface area contributed by atoms with Gasteiger partial charge in [0.1, 0.15) is 23.0 Å². The molecule has 3 aromatic carbocycles. The highest BCUT2D eigenvalue weighted by Crippen LogP contribution is 2.19. The molecule has 200 valence electrons. The summed E-state index contributed by atoms with van der Waals surface area (Å²) in [6.45, 7) is 8.75. The second-order valence-corrected chi connectivity index (χ2v) is 8.04. The summed E-state index contributed by atoms with van der Waals surface area (Å²) in [7, 11) is 0. The first kappa shape index (κ1) is 28.2. The minimum atomic E-state index is -0.668. The Bertz CT molecular complexity index is 1360. The summed E-state index contributed by atoms with van der Waals surface area (Å²) in [4.78, 5) is 47.1. The maximum atomic E-state index is 12.2. The van der Waals surface area contributed by atoms with E-state index in [9.17, 15) is 19.2 Å². The van der Waals surface area contributed by atoms with Crippen LogP contribution in [0.1, 0.15) is 18.1 Å². The Labute approximate surface area is 224 Å². The van der Waals surface area contributed by atoms with Crippen molar-refractivity contribution in [3.05, 3.63) is 109 Å². The lowest BCUT2D eigenvalue weighted by molar-refractivity contribution is -0.130. The summed E-state index contributed by atoms with van der Waals surface area (Å²) >= 11 is 0. The first-order chi connectivity index (χ1) is 18.7. The third-order valence-electron chi connectivity index (χ3n) is 4.88. The van der Waals surface area contributed by atoms with Gasteiger partial charge in [0.2, 0.25) is 0 Å². The minimum absolute atomic E-state index is 0.189. The summed E-state index contributed by atoms with van der Waals surface area (Å²) in [5, 5.41) is 5.29. The second kappa shape index (κ2) is 13.8. The zero-order valence-electron chi connectivity index (χ0n) is 21.1. The smallest absolute Gasteiger partial charge is 0.412 e. The molecule has 3 aromatic rings. The van der Waals surface area contributed by atoms with Crippen molar-refractivity contribution in [2.75, 3.05) is 0 Å². The van der Waals surface area contributed by atoms with Crippen molar-refractivity contribution in [2.24, 2.45) is 0 Å². The third-order valence-corrected chi connectivity index (χ3v) is 4.88. The largest absolute Gasteiger partial charge is 0.423 e. The number of benzene rings is 3. The Morgan fingerprint density at radius 2 is 1.10 bits per heavy atom. The van der Waals surface area contributed by atoms with Gasteiger partial charge in [0.25, 0.3) is 0 Å². The number of nitrogens with one attached hydrogen (secondary N) is 2. The number of esters is 2. The van der Waals surface area contributed by atoms with Crippen molar-refractivity contribution >= 4 is 24.1 Å². The molecular weight excluding hydrogens is 504 g/mol. The van der Waals surface area contributed by atoms with Crippen LogP contribution in [0.25, 0.3) is 0 Å². The molecular formula is C29H26N2O8. The van der Waals surface area contributed by atoms with E-state index in [2.05, 4.69) is 23.8 Å². The molecule has 0 atom stereocenters. The number of hydrogen-bond acceptors (Lipinski definition) is 8. The molecule has 0 unspecified atom stereocenters. The molecule has 0 aliphatic carbocycles. The minimum Gasteiger partial charge on any atom is -0.423 e. The van der Waals surface area contributed by atoms with Crippen LogP contribution >= 0.6 is 0 Å². The fraction of sp³-hybridized carbons (Fsp3) is 0.103. The predicted octanol–water partition coefficient (Wildman–Crippen LogP) is 4.84. The second-order valence-electron chi connectivity index (χ2n) is 8.04. The molecule has 0 heterocycles. The quantitative estimate of drug-likeness (QED) is 0.217. The highest BCUT2D eigenvalue weighted by Gasteiger charge is 2.09. The maximum Gasteiger partial charge on any atom is 0.412 e. The van der Waals surface area contributed by atoms with Gasteiger partial charge in [0.05, 0.1) is 0 Å². The third kappa shape index (κ3) is 9.54. The zero-order chi connectivity index (χ0) is 28.2. The molecule has 0 saturated heterocycles. The summed E-state index contributed by atoms with van der Waals surface area (Å²) in [5.41, 5.74) is 1.84. The molecule has 0 aliphatic heterocycles. The maximum absolute atomic E-state index is 12.2. The topological polar surface area (TPSA) is 129 Å².